The molecule has 0 aliphatic carbocycles. The molecule has 1 aromatic carbocycles. The zero-order valence-corrected chi connectivity index (χ0v) is 21.0. The Hall–Kier alpha value is -2.22. The summed E-state index contributed by atoms with van der Waals surface area (Å²) in [5, 5.41) is 10.3. The van der Waals surface area contributed by atoms with E-state index in [1.807, 2.05) is 20.8 Å². The lowest BCUT2D eigenvalue weighted by Crippen LogP contribution is -2.47. The number of aliphatic carboxylic acids is 1. The average Bonchev–Trinajstić information content (AvgIpc) is 2.78. The van der Waals surface area contributed by atoms with E-state index in [-0.39, 0.29) is 29.9 Å². The minimum atomic E-state index is -5.08. The van der Waals surface area contributed by atoms with Crippen molar-refractivity contribution in [1.82, 2.24) is 14.5 Å². The van der Waals surface area contributed by atoms with E-state index in [0.717, 1.165) is 18.7 Å². The van der Waals surface area contributed by atoms with Crippen molar-refractivity contribution in [1.29, 1.82) is 0 Å². The number of carboxylic acids is 1. The number of benzene rings is 1. The molecule has 0 saturated carbocycles. The molecule has 0 unspecified atom stereocenters. The molecule has 1 aromatic rings. The van der Waals surface area contributed by atoms with Crippen LogP contribution in [0.1, 0.15) is 32.3 Å². The molecule has 1 aliphatic rings. The van der Waals surface area contributed by atoms with Crippen LogP contribution >= 0.6 is 0 Å². The van der Waals surface area contributed by atoms with E-state index in [0.29, 0.717) is 32.7 Å². The van der Waals surface area contributed by atoms with Gasteiger partial charge in [-0.2, -0.15) is 17.5 Å². The minimum absolute atomic E-state index is 0.00374. The summed E-state index contributed by atoms with van der Waals surface area (Å²) in [6, 6.07) is 6.83. The number of carboxylic acid groups (broad SMARTS) is 1. The Balaban J connectivity index is 0.000000762. The summed E-state index contributed by atoms with van der Waals surface area (Å²) in [5.41, 5.74) is 1.00. The molecule has 0 bridgehead atoms. The van der Waals surface area contributed by atoms with Crippen molar-refractivity contribution in [3.8, 4) is 0 Å². The van der Waals surface area contributed by atoms with Gasteiger partial charge in [0.25, 0.3) is 0 Å². The number of rotatable bonds is 10. The second kappa shape index (κ2) is 14.4. The predicted molar refractivity (Wildman–Crippen MR) is 123 cm³/mol. The quantitative estimate of drug-likeness (QED) is 0.450. The third-order valence-corrected chi connectivity index (χ3v) is 6.86. The largest absolute Gasteiger partial charge is 0.490 e. The summed E-state index contributed by atoms with van der Waals surface area (Å²) in [6.07, 6.45) is -4.20. The van der Waals surface area contributed by atoms with E-state index >= 15 is 0 Å². The first-order valence-corrected chi connectivity index (χ1v) is 12.7. The standard InChI is InChI=1S/C20H33N3O4S.C2HF3O2/c1-17(2)27-16-4-12-23(13-9-20(24)22-14-10-21-11-15-22)28(25,26)19-7-5-18(3)6-8-19;3-2(4,5)1(6)7/h5-8,17,21H,4,9-16H2,1-3H3;(H,6,7). The van der Waals surface area contributed by atoms with Crippen molar-refractivity contribution in [2.45, 2.75) is 50.8 Å². The highest BCUT2D eigenvalue weighted by Crippen LogP contribution is 2.18. The van der Waals surface area contributed by atoms with Crippen LogP contribution in [0, 0.1) is 6.92 Å². The third kappa shape index (κ3) is 11.4. The monoisotopic (exact) mass is 525 g/mol. The molecular formula is C22H34F3N3O6S. The number of nitrogens with zero attached hydrogens (tertiary/aromatic N) is 2. The molecule has 0 radical (unpaired) electrons. The number of hydrogen-bond acceptors (Lipinski definition) is 6. The van der Waals surface area contributed by atoms with Gasteiger partial charge in [0.1, 0.15) is 0 Å². The number of alkyl halides is 3. The van der Waals surface area contributed by atoms with Gasteiger partial charge in [0.2, 0.25) is 15.9 Å². The second-order valence-electron chi connectivity index (χ2n) is 8.17. The molecule has 1 saturated heterocycles. The van der Waals surface area contributed by atoms with Gasteiger partial charge in [-0.25, -0.2) is 13.2 Å². The second-order valence-corrected chi connectivity index (χ2v) is 10.1. The Kier molecular flexibility index (Phi) is 12.6. The fraction of sp³-hybridized carbons (Fsp3) is 0.636. The molecule has 0 aromatic heterocycles. The number of aryl methyl sites for hydroxylation is 1. The van der Waals surface area contributed by atoms with Crippen LogP contribution in [0.25, 0.3) is 0 Å². The molecule has 0 spiro atoms. The molecule has 9 nitrogen and oxygen atoms in total. The van der Waals surface area contributed by atoms with Crippen LogP contribution in [-0.2, 0) is 24.3 Å². The number of piperazine rings is 1. The lowest BCUT2D eigenvalue weighted by atomic mass is 10.2. The zero-order chi connectivity index (χ0) is 26.6. The number of amides is 1. The van der Waals surface area contributed by atoms with Crippen LogP contribution in [0.15, 0.2) is 29.2 Å². The van der Waals surface area contributed by atoms with Crippen molar-refractivity contribution in [3.63, 3.8) is 0 Å². The fourth-order valence-corrected chi connectivity index (χ4v) is 4.54. The number of carbonyl (C=O) groups is 2. The van der Waals surface area contributed by atoms with E-state index in [9.17, 15) is 26.4 Å². The fourth-order valence-electron chi connectivity index (χ4n) is 3.06. The van der Waals surface area contributed by atoms with E-state index in [2.05, 4.69) is 5.32 Å². The highest BCUT2D eigenvalue weighted by atomic mass is 32.2. The maximum atomic E-state index is 13.1. The summed E-state index contributed by atoms with van der Waals surface area (Å²) in [4.78, 5) is 23.4. The molecule has 2 N–H and O–H groups in total. The van der Waals surface area contributed by atoms with Crippen molar-refractivity contribution in [2.75, 3.05) is 45.9 Å². The molecule has 1 heterocycles. The number of carbonyl (C=O) groups excluding carboxylic acids is 1. The van der Waals surface area contributed by atoms with Crippen LogP contribution in [0.5, 0.6) is 0 Å². The maximum absolute atomic E-state index is 13.1. The van der Waals surface area contributed by atoms with Gasteiger partial charge in [-0.05, 0) is 39.3 Å². The number of halogens is 3. The number of ether oxygens (including phenoxy) is 1. The highest BCUT2D eigenvalue weighted by Gasteiger charge is 2.38. The Bertz CT molecular complexity index is 902. The molecule has 35 heavy (non-hydrogen) atoms. The van der Waals surface area contributed by atoms with Crippen LogP contribution in [0.2, 0.25) is 0 Å². The van der Waals surface area contributed by atoms with Gasteiger partial charge in [-0.15, -0.1) is 0 Å². The lowest BCUT2D eigenvalue weighted by molar-refractivity contribution is -0.192. The summed E-state index contributed by atoms with van der Waals surface area (Å²) >= 11 is 0. The smallest absolute Gasteiger partial charge is 0.475 e. The Morgan fingerprint density at radius 2 is 1.69 bits per heavy atom. The molecule has 2 rings (SSSR count). The molecule has 1 amide bonds. The summed E-state index contributed by atoms with van der Waals surface area (Å²) in [7, 11) is -3.65. The minimum Gasteiger partial charge on any atom is -0.475 e. The summed E-state index contributed by atoms with van der Waals surface area (Å²) in [6.45, 7) is 9.73. The number of hydrogen-bond donors (Lipinski definition) is 2. The predicted octanol–water partition coefficient (Wildman–Crippen LogP) is 2.26. The van der Waals surface area contributed by atoms with Gasteiger partial charge in [0, 0.05) is 52.3 Å². The van der Waals surface area contributed by atoms with Crippen molar-refractivity contribution >= 4 is 21.9 Å². The normalized spacial score (nSPS) is 14.6. The lowest BCUT2D eigenvalue weighted by Gasteiger charge is -2.29. The summed E-state index contributed by atoms with van der Waals surface area (Å²) < 4.78 is 64.9. The molecule has 1 aliphatic heterocycles. The van der Waals surface area contributed by atoms with Gasteiger partial charge in [-0.1, -0.05) is 17.7 Å². The van der Waals surface area contributed by atoms with Crippen LogP contribution in [0.3, 0.4) is 0 Å². The molecule has 13 heteroatoms. The molecule has 200 valence electrons. The van der Waals surface area contributed by atoms with E-state index in [1.165, 1.54) is 4.31 Å². The van der Waals surface area contributed by atoms with Crippen molar-refractivity contribution in [2.24, 2.45) is 0 Å². The molecule has 1 fully saturated rings. The number of sulfonamides is 1. The maximum Gasteiger partial charge on any atom is 0.490 e. The Morgan fingerprint density at radius 3 is 2.17 bits per heavy atom. The van der Waals surface area contributed by atoms with Crippen molar-refractivity contribution < 1.29 is 41.0 Å². The Labute approximate surface area is 204 Å². The van der Waals surface area contributed by atoms with Crippen LogP contribution in [-0.4, -0.2) is 92.8 Å². The Morgan fingerprint density at radius 1 is 1.14 bits per heavy atom. The van der Waals surface area contributed by atoms with Crippen LogP contribution < -0.4 is 5.32 Å². The summed E-state index contributed by atoms with van der Waals surface area (Å²) in [5.74, 6) is -2.75. The zero-order valence-electron chi connectivity index (χ0n) is 20.2. The van der Waals surface area contributed by atoms with Gasteiger partial charge < -0.3 is 20.1 Å². The van der Waals surface area contributed by atoms with E-state index < -0.39 is 22.2 Å². The first kappa shape index (κ1) is 30.8. The van der Waals surface area contributed by atoms with E-state index in [1.54, 1.807) is 29.2 Å². The average molecular weight is 526 g/mol. The number of nitrogens with one attached hydrogen (secondary N) is 1. The first-order valence-electron chi connectivity index (χ1n) is 11.2. The molecular weight excluding hydrogens is 491 g/mol. The van der Waals surface area contributed by atoms with Gasteiger partial charge in [0.15, 0.2) is 0 Å². The van der Waals surface area contributed by atoms with E-state index in [4.69, 9.17) is 14.6 Å². The van der Waals surface area contributed by atoms with Crippen LogP contribution in [0.4, 0.5) is 13.2 Å². The van der Waals surface area contributed by atoms with Crippen molar-refractivity contribution in [3.05, 3.63) is 29.8 Å². The van der Waals surface area contributed by atoms with Gasteiger partial charge in [-0.3, -0.25) is 4.79 Å². The third-order valence-electron chi connectivity index (χ3n) is 4.95. The van der Waals surface area contributed by atoms with Gasteiger partial charge >= 0.3 is 12.1 Å². The topological polar surface area (TPSA) is 116 Å². The first-order chi connectivity index (χ1) is 16.2. The SMILES string of the molecule is Cc1ccc(S(=O)(=O)N(CCCOC(C)C)CCC(=O)N2CCNCC2)cc1.O=C(O)C(F)(F)F. The molecule has 0 atom stereocenters. The highest BCUT2D eigenvalue weighted by molar-refractivity contribution is 7.89. The van der Waals surface area contributed by atoms with Gasteiger partial charge in [0.05, 0.1) is 11.0 Å².